The summed E-state index contributed by atoms with van der Waals surface area (Å²) >= 11 is 0. The van der Waals surface area contributed by atoms with Gasteiger partial charge >= 0.3 is 5.76 Å². The second-order valence-electron chi connectivity index (χ2n) is 5.60. The van der Waals surface area contributed by atoms with E-state index in [1.807, 2.05) is 48.5 Å². The number of fused-ring (bicyclic) bond motifs is 1. The van der Waals surface area contributed by atoms with E-state index in [0.29, 0.717) is 38.1 Å². The predicted molar refractivity (Wildman–Crippen MR) is 94.7 cm³/mol. The summed E-state index contributed by atoms with van der Waals surface area (Å²) in [7, 11) is 0. The number of aromatic nitrogens is 1. The quantitative estimate of drug-likeness (QED) is 0.640. The summed E-state index contributed by atoms with van der Waals surface area (Å²) in [5.41, 5.74) is 1.32. The molecule has 0 spiro atoms. The van der Waals surface area contributed by atoms with Crippen molar-refractivity contribution in [3.05, 3.63) is 65.1 Å². The molecule has 0 unspecified atom stereocenters. The van der Waals surface area contributed by atoms with Crippen molar-refractivity contribution in [2.24, 2.45) is 0 Å². The van der Waals surface area contributed by atoms with Crippen molar-refractivity contribution in [1.82, 2.24) is 9.88 Å². The van der Waals surface area contributed by atoms with Gasteiger partial charge in [-0.1, -0.05) is 30.3 Å². The molecule has 1 N–H and O–H groups in total. The van der Waals surface area contributed by atoms with Crippen molar-refractivity contribution in [2.75, 3.05) is 13.2 Å². The van der Waals surface area contributed by atoms with Crippen molar-refractivity contribution in [1.29, 1.82) is 0 Å². The van der Waals surface area contributed by atoms with Gasteiger partial charge in [0.05, 0.1) is 12.1 Å². The van der Waals surface area contributed by atoms with Crippen molar-refractivity contribution in [3.63, 3.8) is 0 Å². The molecule has 0 bridgehead atoms. The Morgan fingerprint density at radius 1 is 1.08 bits per heavy atom. The van der Waals surface area contributed by atoms with Crippen LogP contribution in [0, 0.1) is 0 Å². The first-order chi connectivity index (χ1) is 12.2. The first-order valence-electron chi connectivity index (χ1n) is 8.27. The standard InChI is InChI=1S/C19H20N2O4/c22-18(20-12-14-24-15-7-2-1-3-8-15)11-6-13-21-16-9-4-5-10-17(16)25-19(21)23/h1-5,7-10H,6,11-14H2,(H,20,22). The molecule has 3 aromatic rings. The van der Waals surface area contributed by atoms with E-state index in [1.54, 1.807) is 10.6 Å². The van der Waals surface area contributed by atoms with Gasteiger partial charge in [0.1, 0.15) is 12.4 Å². The fourth-order valence-corrected chi connectivity index (χ4v) is 2.59. The first-order valence-corrected chi connectivity index (χ1v) is 8.27. The molecule has 2 aromatic carbocycles. The number of hydrogen-bond donors (Lipinski definition) is 1. The Hall–Kier alpha value is -3.02. The van der Waals surface area contributed by atoms with Crippen LogP contribution in [0.15, 0.2) is 63.8 Å². The minimum absolute atomic E-state index is 0.0579. The molecule has 0 radical (unpaired) electrons. The van der Waals surface area contributed by atoms with Crippen LogP contribution in [0.4, 0.5) is 0 Å². The van der Waals surface area contributed by atoms with Gasteiger partial charge in [-0.3, -0.25) is 9.36 Å². The highest BCUT2D eigenvalue weighted by Gasteiger charge is 2.09. The molecule has 6 heteroatoms. The summed E-state index contributed by atoms with van der Waals surface area (Å²) in [6.07, 6.45) is 0.909. The summed E-state index contributed by atoms with van der Waals surface area (Å²) in [6, 6.07) is 16.7. The molecule has 1 heterocycles. The van der Waals surface area contributed by atoms with Crippen molar-refractivity contribution in [3.8, 4) is 5.75 Å². The SMILES string of the molecule is O=C(CCCn1c(=O)oc2ccccc21)NCCOc1ccccc1. The zero-order valence-electron chi connectivity index (χ0n) is 13.8. The third-order valence-corrected chi connectivity index (χ3v) is 3.80. The molecule has 0 aliphatic rings. The number of hydrogen-bond acceptors (Lipinski definition) is 4. The molecule has 1 aromatic heterocycles. The molecule has 3 rings (SSSR count). The Morgan fingerprint density at radius 2 is 1.84 bits per heavy atom. The van der Waals surface area contributed by atoms with Crippen LogP contribution in [-0.2, 0) is 11.3 Å². The zero-order chi connectivity index (χ0) is 17.5. The van der Waals surface area contributed by atoms with Crippen LogP contribution in [0.25, 0.3) is 11.1 Å². The largest absolute Gasteiger partial charge is 0.492 e. The first kappa shape index (κ1) is 16.8. The average Bonchev–Trinajstić information content (AvgIpc) is 2.95. The van der Waals surface area contributed by atoms with E-state index in [0.717, 1.165) is 11.3 Å². The topological polar surface area (TPSA) is 73.5 Å². The number of nitrogens with zero attached hydrogens (tertiary/aromatic N) is 1. The van der Waals surface area contributed by atoms with Crippen LogP contribution < -0.4 is 15.8 Å². The Morgan fingerprint density at radius 3 is 2.68 bits per heavy atom. The van der Waals surface area contributed by atoms with Gasteiger partial charge < -0.3 is 14.5 Å². The number of benzene rings is 2. The zero-order valence-corrected chi connectivity index (χ0v) is 13.8. The van der Waals surface area contributed by atoms with E-state index in [1.165, 1.54) is 0 Å². The molecular formula is C19H20N2O4. The molecular weight excluding hydrogens is 320 g/mol. The second kappa shape index (κ2) is 8.19. The maximum atomic E-state index is 11.9. The fraction of sp³-hybridized carbons (Fsp3) is 0.263. The number of para-hydroxylation sites is 3. The summed E-state index contributed by atoms with van der Waals surface area (Å²) < 4.78 is 12.2. The van der Waals surface area contributed by atoms with E-state index in [2.05, 4.69) is 5.32 Å². The summed E-state index contributed by atoms with van der Waals surface area (Å²) in [5, 5.41) is 2.81. The lowest BCUT2D eigenvalue weighted by Gasteiger charge is -2.07. The van der Waals surface area contributed by atoms with E-state index >= 15 is 0 Å². The highest BCUT2D eigenvalue weighted by atomic mass is 16.5. The van der Waals surface area contributed by atoms with Gasteiger partial charge in [0.2, 0.25) is 5.91 Å². The Kier molecular flexibility index (Phi) is 5.51. The molecule has 0 saturated heterocycles. The number of aryl methyl sites for hydroxylation is 1. The van der Waals surface area contributed by atoms with Crippen LogP contribution in [0.1, 0.15) is 12.8 Å². The highest BCUT2D eigenvalue weighted by molar-refractivity contribution is 5.76. The van der Waals surface area contributed by atoms with E-state index in [4.69, 9.17) is 9.15 Å². The van der Waals surface area contributed by atoms with Gasteiger partial charge in [0.15, 0.2) is 5.58 Å². The molecule has 130 valence electrons. The van der Waals surface area contributed by atoms with E-state index < -0.39 is 5.76 Å². The fourth-order valence-electron chi connectivity index (χ4n) is 2.59. The minimum atomic E-state index is -0.391. The third kappa shape index (κ3) is 4.50. The van der Waals surface area contributed by atoms with Crippen LogP contribution >= 0.6 is 0 Å². The molecule has 6 nitrogen and oxygen atoms in total. The summed E-state index contributed by atoms with van der Waals surface area (Å²) in [5.74, 6) is 0.332. The number of amides is 1. The van der Waals surface area contributed by atoms with E-state index in [9.17, 15) is 9.59 Å². The van der Waals surface area contributed by atoms with Gasteiger partial charge in [-0.25, -0.2) is 4.79 Å². The maximum absolute atomic E-state index is 11.9. The van der Waals surface area contributed by atoms with Gasteiger partial charge in [-0.15, -0.1) is 0 Å². The number of ether oxygens (including phenoxy) is 1. The predicted octanol–water partition coefficient (Wildman–Crippen LogP) is 2.57. The average molecular weight is 340 g/mol. The lowest BCUT2D eigenvalue weighted by Crippen LogP contribution is -2.28. The number of carbonyl (C=O) groups is 1. The normalized spacial score (nSPS) is 10.7. The number of nitrogens with one attached hydrogen (secondary N) is 1. The van der Waals surface area contributed by atoms with Gasteiger partial charge in [0.25, 0.3) is 0 Å². The molecule has 0 atom stereocenters. The van der Waals surface area contributed by atoms with Crippen LogP contribution in [0.2, 0.25) is 0 Å². The van der Waals surface area contributed by atoms with Crippen molar-refractivity contribution in [2.45, 2.75) is 19.4 Å². The molecule has 0 aliphatic carbocycles. The Bertz CT molecular complexity index is 883. The van der Waals surface area contributed by atoms with Crippen LogP contribution in [-0.4, -0.2) is 23.6 Å². The van der Waals surface area contributed by atoms with Crippen molar-refractivity contribution >= 4 is 17.0 Å². The van der Waals surface area contributed by atoms with Gasteiger partial charge in [-0.05, 0) is 30.7 Å². The number of oxazole rings is 1. The van der Waals surface area contributed by atoms with Gasteiger partial charge in [-0.2, -0.15) is 0 Å². The lowest BCUT2D eigenvalue weighted by molar-refractivity contribution is -0.121. The van der Waals surface area contributed by atoms with Crippen LogP contribution in [0.3, 0.4) is 0 Å². The molecule has 0 saturated carbocycles. The summed E-state index contributed by atoms with van der Waals surface area (Å²) in [6.45, 7) is 1.31. The molecule has 25 heavy (non-hydrogen) atoms. The maximum Gasteiger partial charge on any atom is 0.419 e. The lowest BCUT2D eigenvalue weighted by atomic mass is 10.2. The molecule has 0 fully saturated rings. The smallest absolute Gasteiger partial charge is 0.419 e. The molecule has 1 amide bonds. The van der Waals surface area contributed by atoms with Gasteiger partial charge in [0, 0.05) is 13.0 Å². The Labute approximate surface area is 145 Å². The number of rotatable bonds is 8. The highest BCUT2D eigenvalue weighted by Crippen LogP contribution is 2.12. The molecule has 0 aliphatic heterocycles. The second-order valence-corrected chi connectivity index (χ2v) is 5.60. The summed E-state index contributed by atoms with van der Waals surface area (Å²) in [4.78, 5) is 23.7. The minimum Gasteiger partial charge on any atom is -0.492 e. The monoisotopic (exact) mass is 340 g/mol. The van der Waals surface area contributed by atoms with Crippen LogP contribution in [0.5, 0.6) is 5.75 Å². The van der Waals surface area contributed by atoms with E-state index in [-0.39, 0.29) is 5.91 Å². The number of carbonyl (C=O) groups excluding carboxylic acids is 1. The Balaban J connectivity index is 1.39. The van der Waals surface area contributed by atoms with Crippen molar-refractivity contribution < 1.29 is 13.9 Å². The third-order valence-electron chi connectivity index (χ3n) is 3.80.